The lowest BCUT2D eigenvalue weighted by atomic mass is 10.1. The maximum atomic E-state index is 6.10. The molecule has 0 bridgehead atoms. The van der Waals surface area contributed by atoms with Gasteiger partial charge in [-0.15, -0.1) is 0 Å². The highest BCUT2D eigenvalue weighted by molar-refractivity contribution is 6.41. The van der Waals surface area contributed by atoms with E-state index in [2.05, 4.69) is 28.6 Å². The Morgan fingerprint density at radius 1 is 1.56 bits per heavy atom. The van der Waals surface area contributed by atoms with Gasteiger partial charge in [-0.25, -0.2) is 4.99 Å². The number of aliphatic imine (C=N–C) groups is 1. The minimum Gasteiger partial charge on any atom is -0.334 e. The third-order valence-electron chi connectivity index (χ3n) is 2.31. The molecular weight excluding hydrogens is 273 g/mol. The van der Waals surface area contributed by atoms with Gasteiger partial charge < -0.3 is 4.52 Å². The Labute approximate surface area is 116 Å². The number of hydrogen-bond donors (Lipinski definition) is 0. The zero-order valence-corrected chi connectivity index (χ0v) is 12.1. The third-order valence-corrected chi connectivity index (χ3v) is 2.78. The van der Waals surface area contributed by atoms with E-state index in [4.69, 9.17) is 27.7 Å². The van der Waals surface area contributed by atoms with Gasteiger partial charge in [0.25, 0.3) is 5.89 Å². The van der Waals surface area contributed by atoms with Crippen molar-refractivity contribution in [3.05, 3.63) is 28.5 Å². The first-order chi connectivity index (χ1) is 8.45. The Hall–Kier alpha value is -1.13. The highest BCUT2D eigenvalue weighted by Gasteiger charge is 2.16. The van der Waals surface area contributed by atoms with Gasteiger partial charge in [0, 0.05) is 11.2 Å². The first-order valence-electron chi connectivity index (χ1n) is 5.55. The number of nitrogens with zero attached hydrogens (tertiary/aromatic N) is 3. The van der Waals surface area contributed by atoms with E-state index < -0.39 is 0 Å². The minimum atomic E-state index is 0.193. The number of aryl methyl sites for hydroxylation is 1. The van der Waals surface area contributed by atoms with Gasteiger partial charge >= 0.3 is 0 Å². The average molecular weight is 288 g/mol. The van der Waals surface area contributed by atoms with E-state index in [0.717, 1.165) is 6.42 Å². The van der Waals surface area contributed by atoms with E-state index in [0.29, 0.717) is 17.3 Å². The summed E-state index contributed by atoms with van der Waals surface area (Å²) in [5, 5.41) is 4.09. The van der Waals surface area contributed by atoms with Crippen LogP contribution in [0, 0.1) is 12.8 Å². The van der Waals surface area contributed by atoms with Crippen molar-refractivity contribution in [3.63, 3.8) is 0 Å². The Kier molecular flexibility index (Phi) is 5.56. The van der Waals surface area contributed by atoms with Crippen molar-refractivity contribution in [2.45, 2.75) is 27.2 Å². The van der Waals surface area contributed by atoms with Gasteiger partial charge in [0.1, 0.15) is 5.16 Å². The summed E-state index contributed by atoms with van der Waals surface area (Å²) in [6.45, 7) is 9.45. The Morgan fingerprint density at radius 2 is 2.22 bits per heavy atom. The molecule has 1 rings (SSSR count). The van der Waals surface area contributed by atoms with Crippen LogP contribution in [0.2, 0.25) is 0 Å². The molecule has 0 aliphatic rings. The lowest BCUT2D eigenvalue weighted by Crippen LogP contribution is -1.94. The monoisotopic (exact) mass is 287 g/mol. The molecule has 0 N–H and O–H groups in total. The van der Waals surface area contributed by atoms with Crippen molar-refractivity contribution >= 4 is 35.0 Å². The van der Waals surface area contributed by atoms with Crippen LogP contribution in [-0.2, 0) is 0 Å². The van der Waals surface area contributed by atoms with E-state index in [9.17, 15) is 0 Å². The number of aromatic nitrogens is 2. The Balaban J connectivity index is 3.11. The quantitative estimate of drug-likeness (QED) is 0.464. The zero-order chi connectivity index (χ0) is 13.7. The zero-order valence-electron chi connectivity index (χ0n) is 10.6. The summed E-state index contributed by atoms with van der Waals surface area (Å²) in [5.41, 5.74) is 0.360. The molecule has 98 valence electrons. The predicted molar refractivity (Wildman–Crippen MR) is 74.7 cm³/mol. The molecule has 0 aliphatic carbocycles. The van der Waals surface area contributed by atoms with E-state index in [1.807, 2.05) is 6.92 Å². The standard InChI is InChI=1S/C12H15Cl2N3O/c1-5-7(2)6-15-11(14)10(8(3)13)12-16-9(4)17-18-12/h6-7H,3,5H2,1-2,4H3/b11-10+,15-6?. The van der Waals surface area contributed by atoms with Gasteiger partial charge in [-0.05, 0) is 19.3 Å². The summed E-state index contributed by atoms with van der Waals surface area (Å²) in [7, 11) is 0. The molecule has 1 aromatic heterocycles. The molecule has 6 heteroatoms. The fraction of sp³-hybridized carbons (Fsp3) is 0.417. The molecular formula is C12H15Cl2N3O. The van der Waals surface area contributed by atoms with Crippen LogP contribution in [0.1, 0.15) is 32.0 Å². The molecule has 18 heavy (non-hydrogen) atoms. The lowest BCUT2D eigenvalue weighted by molar-refractivity contribution is 0.403. The van der Waals surface area contributed by atoms with Crippen molar-refractivity contribution in [1.82, 2.24) is 10.1 Å². The van der Waals surface area contributed by atoms with Crippen LogP contribution in [0.25, 0.3) is 5.57 Å². The average Bonchev–Trinajstić information content (AvgIpc) is 2.72. The minimum absolute atomic E-state index is 0.193. The summed E-state index contributed by atoms with van der Waals surface area (Å²) >= 11 is 12.0. The van der Waals surface area contributed by atoms with Crippen LogP contribution in [0.5, 0.6) is 0 Å². The molecule has 0 fully saturated rings. The molecule has 4 nitrogen and oxygen atoms in total. The van der Waals surface area contributed by atoms with Crippen molar-refractivity contribution in [2.24, 2.45) is 10.9 Å². The lowest BCUT2D eigenvalue weighted by Gasteiger charge is -2.02. The Bertz CT molecular complexity index is 491. The van der Waals surface area contributed by atoms with Gasteiger partial charge in [0.05, 0.1) is 5.57 Å². The van der Waals surface area contributed by atoms with Crippen LogP contribution in [0.4, 0.5) is 0 Å². The van der Waals surface area contributed by atoms with Gasteiger partial charge in [0.15, 0.2) is 5.82 Å². The van der Waals surface area contributed by atoms with Gasteiger partial charge in [-0.1, -0.05) is 48.8 Å². The molecule has 1 aromatic rings. The van der Waals surface area contributed by atoms with E-state index in [1.54, 1.807) is 13.1 Å². The van der Waals surface area contributed by atoms with Crippen molar-refractivity contribution in [2.75, 3.05) is 0 Å². The summed E-state index contributed by atoms with van der Waals surface area (Å²) < 4.78 is 5.02. The second-order valence-corrected chi connectivity index (χ2v) is 4.70. The molecule has 0 spiro atoms. The van der Waals surface area contributed by atoms with E-state index in [-0.39, 0.29) is 16.1 Å². The topological polar surface area (TPSA) is 51.3 Å². The fourth-order valence-electron chi connectivity index (χ4n) is 1.08. The number of halogens is 2. The largest absolute Gasteiger partial charge is 0.334 e. The molecule has 0 amide bonds. The van der Waals surface area contributed by atoms with Gasteiger partial charge in [0.2, 0.25) is 0 Å². The number of rotatable bonds is 5. The van der Waals surface area contributed by atoms with Crippen molar-refractivity contribution in [1.29, 1.82) is 0 Å². The van der Waals surface area contributed by atoms with Crippen LogP contribution < -0.4 is 0 Å². The maximum Gasteiger partial charge on any atom is 0.262 e. The molecule has 1 atom stereocenters. The normalized spacial score (nSPS) is 14.7. The molecule has 1 heterocycles. The SMILES string of the molecule is C=C(Cl)/C(=C(/Cl)N=CC(C)CC)c1nc(C)no1. The van der Waals surface area contributed by atoms with Crippen molar-refractivity contribution in [3.8, 4) is 0 Å². The highest BCUT2D eigenvalue weighted by atomic mass is 35.5. The number of allylic oxidation sites excluding steroid dienone is 2. The van der Waals surface area contributed by atoms with Crippen LogP contribution in [0.3, 0.4) is 0 Å². The van der Waals surface area contributed by atoms with Crippen LogP contribution >= 0.6 is 23.2 Å². The highest BCUT2D eigenvalue weighted by Crippen LogP contribution is 2.29. The molecule has 1 unspecified atom stereocenters. The van der Waals surface area contributed by atoms with Crippen LogP contribution in [0.15, 0.2) is 26.3 Å². The number of hydrogen-bond acceptors (Lipinski definition) is 4. The maximum absolute atomic E-state index is 6.10. The van der Waals surface area contributed by atoms with Crippen molar-refractivity contribution < 1.29 is 4.52 Å². The first-order valence-corrected chi connectivity index (χ1v) is 6.30. The molecule has 0 radical (unpaired) electrons. The Morgan fingerprint density at radius 3 is 2.67 bits per heavy atom. The van der Waals surface area contributed by atoms with E-state index in [1.165, 1.54) is 0 Å². The third kappa shape index (κ3) is 3.96. The van der Waals surface area contributed by atoms with Crippen LogP contribution in [-0.4, -0.2) is 16.4 Å². The summed E-state index contributed by atoms with van der Waals surface area (Å²) in [6.07, 6.45) is 2.73. The second-order valence-electron chi connectivity index (χ2n) is 3.88. The molecule has 0 aliphatic heterocycles. The molecule has 0 saturated heterocycles. The first kappa shape index (κ1) is 14.9. The summed E-state index contributed by atoms with van der Waals surface area (Å²) in [6, 6.07) is 0. The smallest absolute Gasteiger partial charge is 0.262 e. The van der Waals surface area contributed by atoms with E-state index >= 15 is 0 Å². The second kappa shape index (κ2) is 6.71. The summed E-state index contributed by atoms with van der Waals surface area (Å²) in [5.74, 6) is 1.04. The molecule has 0 aromatic carbocycles. The molecule has 0 saturated carbocycles. The van der Waals surface area contributed by atoms with Gasteiger partial charge in [-0.3, -0.25) is 0 Å². The predicted octanol–water partition coefficient (Wildman–Crippen LogP) is 4.15. The summed E-state index contributed by atoms with van der Waals surface area (Å²) in [4.78, 5) is 8.21. The fourth-order valence-corrected chi connectivity index (χ4v) is 1.55. The van der Waals surface area contributed by atoms with Gasteiger partial charge in [-0.2, -0.15) is 4.98 Å².